The number of rotatable bonds is 2. The highest BCUT2D eigenvalue weighted by molar-refractivity contribution is 5.71. The highest BCUT2D eigenvalue weighted by atomic mass is 19.4. The first-order valence-corrected chi connectivity index (χ1v) is 5.54. The first kappa shape index (κ1) is 15.2. The second kappa shape index (κ2) is 4.97. The maximum Gasteiger partial charge on any atom is 0.404 e. The number of hydrogen-bond acceptors (Lipinski definition) is 3. The molecule has 2 rings (SSSR count). The lowest BCUT2D eigenvalue weighted by Crippen LogP contribution is -2.34. The summed E-state index contributed by atoms with van der Waals surface area (Å²) in [6.07, 6.45) is -9.62. The van der Waals surface area contributed by atoms with Crippen LogP contribution in [0.3, 0.4) is 0 Å². The minimum Gasteiger partial charge on any atom is -0.367 e. The number of halogens is 6. The SMILES string of the molecule is Nc1oncc1-c1ccc(C(C(F)(F)F)C(F)(F)F)cc1. The second-order valence-corrected chi connectivity index (χ2v) is 4.24. The fourth-order valence-electron chi connectivity index (χ4n) is 1.88. The summed E-state index contributed by atoms with van der Waals surface area (Å²) in [6.45, 7) is 0. The Morgan fingerprint density at radius 3 is 1.86 bits per heavy atom. The zero-order valence-corrected chi connectivity index (χ0v) is 10.2. The van der Waals surface area contributed by atoms with Gasteiger partial charge < -0.3 is 10.3 Å². The molecule has 0 bridgehead atoms. The number of nitrogen functional groups attached to an aromatic ring is 1. The molecule has 3 nitrogen and oxygen atoms in total. The van der Waals surface area contributed by atoms with Gasteiger partial charge in [0.05, 0.1) is 11.8 Å². The molecule has 0 amide bonds. The van der Waals surface area contributed by atoms with E-state index in [2.05, 4.69) is 9.68 Å². The Bertz CT molecular complexity index is 600. The Morgan fingerprint density at radius 1 is 0.952 bits per heavy atom. The van der Waals surface area contributed by atoms with Crippen LogP contribution in [0.25, 0.3) is 11.1 Å². The molecule has 2 aromatic rings. The topological polar surface area (TPSA) is 52.0 Å². The number of nitrogens with two attached hydrogens (primary N) is 1. The third kappa shape index (κ3) is 3.11. The van der Waals surface area contributed by atoms with E-state index in [1.807, 2.05) is 0 Å². The number of alkyl halides is 6. The first-order chi connectivity index (χ1) is 9.60. The Morgan fingerprint density at radius 2 is 1.48 bits per heavy atom. The van der Waals surface area contributed by atoms with Crippen molar-refractivity contribution in [2.24, 2.45) is 0 Å². The van der Waals surface area contributed by atoms with Gasteiger partial charge in [-0.1, -0.05) is 29.4 Å². The number of aromatic nitrogens is 1. The summed E-state index contributed by atoms with van der Waals surface area (Å²) >= 11 is 0. The highest BCUT2D eigenvalue weighted by Gasteiger charge is 2.57. The van der Waals surface area contributed by atoms with Gasteiger partial charge in [0.2, 0.25) is 5.88 Å². The molecule has 21 heavy (non-hydrogen) atoms. The molecule has 9 heteroatoms. The molecular formula is C12H8F6N2O. The van der Waals surface area contributed by atoms with Crippen molar-refractivity contribution in [1.29, 1.82) is 0 Å². The van der Waals surface area contributed by atoms with E-state index in [9.17, 15) is 26.3 Å². The molecule has 0 fully saturated rings. The molecule has 0 radical (unpaired) electrons. The molecule has 0 aliphatic heterocycles. The molecule has 1 heterocycles. The first-order valence-electron chi connectivity index (χ1n) is 5.54. The van der Waals surface area contributed by atoms with E-state index >= 15 is 0 Å². The predicted molar refractivity (Wildman–Crippen MR) is 61.2 cm³/mol. The van der Waals surface area contributed by atoms with E-state index in [1.54, 1.807) is 0 Å². The molecule has 0 saturated carbocycles. The average molecular weight is 310 g/mol. The zero-order chi connectivity index (χ0) is 15.8. The summed E-state index contributed by atoms with van der Waals surface area (Å²) in [4.78, 5) is 0. The molecular weight excluding hydrogens is 302 g/mol. The molecule has 0 spiro atoms. The molecule has 1 aromatic carbocycles. The van der Waals surface area contributed by atoms with Crippen LogP contribution in [0.5, 0.6) is 0 Å². The van der Waals surface area contributed by atoms with Crippen LogP contribution in [0, 0.1) is 0 Å². The van der Waals surface area contributed by atoms with Crippen molar-refractivity contribution in [3.05, 3.63) is 36.0 Å². The van der Waals surface area contributed by atoms with Crippen LogP contribution in [0.2, 0.25) is 0 Å². The number of nitrogens with zero attached hydrogens (tertiary/aromatic N) is 1. The summed E-state index contributed by atoms with van der Waals surface area (Å²) in [6, 6.07) is 3.71. The number of hydrogen-bond donors (Lipinski definition) is 1. The van der Waals surface area contributed by atoms with Gasteiger partial charge in [0.15, 0.2) is 5.92 Å². The van der Waals surface area contributed by atoms with E-state index in [-0.39, 0.29) is 11.4 Å². The smallest absolute Gasteiger partial charge is 0.367 e. The normalized spacial score (nSPS) is 12.9. The van der Waals surface area contributed by atoms with Crippen LogP contribution in [0.1, 0.15) is 11.5 Å². The van der Waals surface area contributed by atoms with Crippen molar-refractivity contribution in [2.75, 3.05) is 5.73 Å². The largest absolute Gasteiger partial charge is 0.404 e. The molecule has 1 aromatic heterocycles. The highest BCUT2D eigenvalue weighted by Crippen LogP contribution is 2.46. The molecule has 0 aliphatic rings. The van der Waals surface area contributed by atoms with Gasteiger partial charge in [0.1, 0.15) is 0 Å². The van der Waals surface area contributed by atoms with Crippen molar-refractivity contribution in [1.82, 2.24) is 5.16 Å². The van der Waals surface area contributed by atoms with Gasteiger partial charge in [0, 0.05) is 0 Å². The van der Waals surface area contributed by atoms with Gasteiger partial charge in [-0.3, -0.25) is 0 Å². The lowest BCUT2D eigenvalue weighted by Gasteiger charge is -2.23. The van der Waals surface area contributed by atoms with E-state index in [0.717, 1.165) is 24.3 Å². The van der Waals surface area contributed by atoms with Gasteiger partial charge in [-0.15, -0.1) is 0 Å². The third-order valence-electron chi connectivity index (χ3n) is 2.81. The molecule has 2 N–H and O–H groups in total. The van der Waals surface area contributed by atoms with Gasteiger partial charge in [-0.05, 0) is 11.1 Å². The molecule has 0 saturated heterocycles. The van der Waals surface area contributed by atoms with E-state index < -0.39 is 23.8 Å². The Labute approximate surface area is 114 Å². The maximum absolute atomic E-state index is 12.6. The van der Waals surface area contributed by atoms with Crippen molar-refractivity contribution >= 4 is 5.88 Å². The summed E-state index contributed by atoms with van der Waals surface area (Å²) in [5.41, 5.74) is 5.12. The maximum atomic E-state index is 12.6. The molecule has 0 aliphatic carbocycles. The van der Waals surface area contributed by atoms with Gasteiger partial charge >= 0.3 is 12.4 Å². The quantitative estimate of drug-likeness (QED) is 0.848. The van der Waals surface area contributed by atoms with Crippen LogP contribution in [-0.2, 0) is 0 Å². The van der Waals surface area contributed by atoms with Crippen molar-refractivity contribution < 1.29 is 30.9 Å². The number of anilines is 1. The monoisotopic (exact) mass is 310 g/mol. The number of benzene rings is 1. The van der Waals surface area contributed by atoms with E-state index in [0.29, 0.717) is 5.56 Å². The van der Waals surface area contributed by atoms with Crippen molar-refractivity contribution in [3.63, 3.8) is 0 Å². The minimum atomic E-state index is -5.42. The van der Waals surface area contributed by atoms with Gasteiger partial charge in [-0.25, -0.2) is 0 Å². The molecule has 0 unspecified atom stereocenters. The summed E-state index contributed by atoms with van der Waals surface area (Å²) in [5.74, 6) is -3.61. The van der Waals surface area contributed by atoms with Gasteiger partial charge in [0.25, 0.3) is 0 Å². The Balaban J connectivity index is 2.40. The molecule has 114 valence electrons. The van der Waals surface area contributed by atoms with Crippen molar-refractivity contribution in [2.45, 2.75) is 18.3 Å². The van der Waals surface area contributed by atoms with Crippen LogP contribution in [0.15, 0.2) is 35.0 Å². The fraction of sp³-hybridized carbons (Fsp3) is 0.250. The average Bonchev–Trinajstić information content (AvgIpc) is 2.73. The minimum absolute atomic E-state index is 0.0778. The zero-order valence-electron chi connectivity index (χ0n) is 10.2. The third-order valence-corrected chi connectivity index (χ3v) is 2.81. The lowest BCUT2D eigenvalue weighted by atomic mass is 9.95. The Hall–Kier alpha value is -2.19. The lowest BCUT2D eigenvalue weighted by molar-refractivity contribution is -0.253. The second-order valence-electron chi connectivity index (χ2n) is 4.24. The van der Waals surface area contributed by atoms with Crippen LogP contribution >= 0.6 is 0 Å². The fourth-order valence-corrected chi connectivity index (χ4v) is 1.88. The summed E-state index contributed by atoms with van der Waals surface area (Å²) in [5, 5.41) is 3.37. The van der Waals surface area contributed by atoms with Crippen LogP contribution in [0.4, 0.5) is 32.2 Å². The Kier molecular flexibility index (Phi) is 3.60. The van der Waals surface area contributed by atoms with Crippen LogP contribution in [-0.4, -0.2) is 17.5 Å². The summed E-state index contributed by atoms with van der Waals surface area (Å²) < 4.78 is 80.0. The van der Waals surface area contributed by atoms with Crippen LogP contribution < -0.4 is 5.73 Å². The van der Waals surface area contributed by atoms with Gasteiger partial charge in [-0.2, -0.15) is 26.3 Å². The van der Waals surface area contributed by atoms with Crippen molar-refractivity contribution in [3.8, 4) is 11.1 Å². The summed E-state index contributed by atoms with van der Waals surface area (Å²) in [7, 11) is 0. The standard InChI is InChI=1S/C12H8F6N2O/c13-11(14,15)9(12(16,17)18)7-3-1-6(2-4-7)8-5-20-21-10(8)19/h1-5,9H,19H2. The predicted octanol–water partition coefficient (Wildman–Crippen LogP) is 4.13. The van der Waals surface area contributed by atoms with E-state index in [1.165, 1.54) is 6.20 Å². The van der Waals surface area contributed by atoms with E-state index in [4.69, 9.17) is 5.73 Å². The molecule has 0 atom stereocenters.